The van der Waals surface area contributed by atoms with Crippen LogP contribution < -0.4 is 5.32 Å². The molecule has 1 aromatic carbocycles. The number of ether oxygens (including phenoxy) is 1. The molecule has 0 unspecified atom stereocenters. The highest BCUT2D eigenvalue weighted by molar-refractivity contribution is 7.11. The lowest BCUT2D eigenvalue weighted by molar-refractivity contribution is -0.137. The number of unbranched alkanes of at least 4 members (excludes halogenated alkanes) is 1. The second-order valence-electron chi connectivity index (χ2n) is 10.1. The number of hydrogen-bond donors (Lipinski definition) is 2. The van der Waals surface area contributed by atoms with Crippen molar-refractivity contribution in [3.05, 3.63) is 62.5 Å². The Morgan fingerprint density at radius 1 is 1.23 bits per heavy atom. The molecule has 2 aromatic rings. The molecular formula is C30H39ClFN5O5S. The molecule has 0 spiro atoms. The zero-order valence-electron chi connectivity index (χ0n) is 24.9. The molecule has 0 bridgehead atoms. The van der Waals surface area contributed by atoms with Gasteiger partial charge in [0.25, 0.3) is 0 Å². The smallest absolute Gasteiger partial charge is 0.338 e. The van der Waals surface area contributed by atoms with E-state index in [1.807, 2.05) is 22.1 Å². The van der Waals surface area contributed by atoms with Crippen LogP contribution in [0.25, 0.3) is 0 Å². The first-order chi connectivity index (χ1) is 20.6. The highest BCUT2D eigenvalue weighted by Crippen LogP contribution is 2.37. The molecule has 2 amide bonds. The van der Waals surface area contributed by atoms with E-state index >= 15 is 0 Å². The first kappa shape index (κ1) is 34.0. The van der Waals surface area contributed by atoms with Gasteiger partial charge in [0.1, 0.15) is 11.9 Å². The number of thiazole rings is 1. The number of nitrogens with one attached hydrogen (secondary N) is 1. The molecule has 2 N–H and O–H groups in total. The Morgan fingerprint density at radius 3 is 2.58 bits per heavy atom. The molecule has 0 aliphatic carbocycles. The third kappa shape index (κ3) is 8.76. The summed E-state index contributed by atoms with van der Waals surface area (Å²) in [5.41, 5.74) is 1.57. The van der Waals surface area contributed by atoms with Crippen LogP contribution in [0.1, 0.15) is 75.9 Å². The highest BCUT2D eigenvalue weighted by Gasteiger charge is 2.35. The maximum atomic E-state index is 13.4. The Morgan fingerprint density at radius 2 is 2.00 bits per heavy atom. The number of urea groups is 1. The van der Waals surface area contributed by atoms with E-state index in [1.165, 1.54) is 36.6 Å². The van der Waals surface area contributed by atoms with E-state index in [2.05, 4.69) is 29.1 Å². The van der Waals surface area contributed by atoms with Crippen molar-refractivity contribution in [1.29, 1.82) is 0 Å². The van der Waals surface area contributed by atoms with Gasteiger partial charge in [-0.2, -0.15) is 0 Å². The third-order valence-corrected chi connectivity index (χ3v) is 8.28. The van der Waals surface area contributed by atoms with Gasteiger partial charge < -0.3 is 25.0 Å². The highest BCUT2D eigenvalue weighted by atomic mass is 35.5. The molecular weight excluding hydrogens is 597 g/mol. The number of carboxylic acid groups (broad SMARTS) is 1. The fourth-order valence-electron chi connectivity index (χ4n) is 5.03. The van der Waals surface area contributed by atoms with Gasteiger partial charge in [0.15, 0.2) is 10.8 Å². The Kier molecular flexibility index (Phi) is 12.9. The number of halogens is 2. The molecule has 10 nitrogen and oxygen atoms in total. The lowest BCUT2D eigenvalue weighted by Crippen LogP contribution is -2.35. The Bertz CT molecular complexity index is 1340. The van der Waals surface area contributed by atoms with Crippen LogP contribution in [0, 0.1) is 5.82 Å². The number of carbonyl (C=O) groups excluding carboxylic acids is 2. The lowest BCUT2D eigenvalue weighted by atomic mass is 9.94. The van der Waals surface area contributed by atoms with Crippen molar-refractivity contribution >= 4 is 46.7 Å². The summed E-state index contributed by atoms with van der Waals surface area (Å²) in [6.07, 6.45) is 5.81. The summed E-state index contributed by atoms with van der Waals surface area (Å²) in [4.78, 5) is 47.6. The van der Waals surface area contributed by atoms with Crippen LogP contribution in [0.5, 0.6) is 0 Å². The number of amidine groups is 1. The molecule has 4 rings (SSSR count). The predicted molar refractivity (Wildman–Crippen MR) is 165 cm³/mol. The van der Waals surface area contributed by atoms with Crippen LogP contribution in [0.3, 0.4) is 0 Å². The average Bonchev–Trinajstić information content (AvgIpc) is 3.63. The van der Waals surface area contributed by atoms with Crippen LogP contribution in [0.15, 0.2) is 46.0 Å². The maximum absolute atomic E-state index is 13.4. The number of aliphatic imine (C=N–C) groups is 1. The Labute approximate surface area is 260 Å². The normalized spacial score (nSPS) is 18.2. The van der Waals surface area contributed by atoms with Gasteiger partial charge in [0, 0.05) is 53.9 Å². The van der Waals surface area contributed by atoms with E-state index in [0.29, 0.717) is 53.1 Å². The zero-order valence-corrected chi connectivity index (χ0v) is 26.5. The number of benzene rings is 1. The summed E-state index contributed by atoms with van der Waals surface area (Å²) in [7, 11) is 1.31. The van der Waals surface area contributed by atoms with Gasteiger partial charge in [0.05, 0.1) is 18.7 Å². The number of rotatable bonds is 12. The molecule has 3 heterocycles. The van der Waals surface area contributed by atoms with Crippen LogP contribution in [0.2, 0.25) is 5.02 Å². The van der Waals surface area contributed by atoms with Gasteiger partial charge in [-0.15, -0.1) is 11.3 Å². The third-order valence-electron chi connectivity index (χ3n) is 7.17. The predicted octanol–water partition coefficient (Wildman–Crippen LogP) is 6.03. The molecule has 0 radical (unpaired) electrons. The van der Waals surface area contributed by atoms with Crippen molar-refractivity contribution in [2.45, 2.75) is 71.4 Å². The van der Waals surface area contributed by atoms with Crippen molar-refractivity contribution in [3.8, 4) is 0 Å². The van der Waals surface area contributed by atoms with Crippen molar-refractivity contribution in [2.75, 3.05) is 26.7 Å². The molecule has 234 valence electrons. The molecule has 2 aliphatic heterocycles. The number of hydrogen-bond acceptors (Lipinski definition) is 8. The number of carboxylic acids is 1. The van der Waals surface area contributed by atoms with E-state index in [9.17, 15) is 18.8 Å². The molecule has 1 aromatic heterocycles. The van der Waals surface area contributed by atoms with Crippen molar-refractivity contribution in [1.82, 2.24) is 20.1 Å². The van der Waals surface area contributed by atoms with E-state index in [-0.39, 0.29) is 17.5 Å². The Hall–Kier alpha value is -3.51. The second kappa shape index (κ2) is 16.4. The summed E-state index contributed by atoms with van der Waals surface area (Å²) >= 11 is 7.65. The van der Waals surface area contributed by atoms with Crippen LogP contribution in [-0.4, -0.2) is 76.5 Å². The van der Waals surface area contributed by atoms with Crippen LogP contribution >= 0.6 is 22.9 Å². The van der Waals surface area contributed by atoms with E-state index < -0.39 is 23.8 Å². The largest absolute Gasteiger partial charge is 0.481 e. The molecule has 13 heteroatoms. The van der Waals surface area contributed by atoms with Crippen molar-refractivity contribution in [3.63, 3.8) is 0 Å². The molecule has 2 aliphatic rings. The number of nitrogens with zero attached hydrogens (tertiary/aromatic N) is 4. The number of carbonyl (C=O) groups is 3. The summed E-state index contributed by atoms with van der Waals surface area (Å²) in [6, 6.07) is 3.79. The molecule has 1 saturated heterocycles. The number of methoxy groups -OCH3 is 1. The van der Waals surface area contributed by atoms with E-state index in [4.69, 9.17) is 21.4 Å². The number of allylic oxidation sites excluding steroid dienone is 1. The van der Waals surface area contributed by atoms with Gasteiger partial charge in [0.2, 0.25) is 0 Å². The van der Waals surface area contributed by atoms with Gasteiger partial charge in [-0.3, -0.25) is 9.79 Å². The molecule has 0 saturated carbocycles. The van der Waals surface area contributed by atoms with Crippen molar-refractivity contribution in [2.24, 2.45) is 4.99 Å². The van der Waals surface area contributed by atoms with Gasteiger partial charge in [-0.25, -0.2) is 19.0 Å². The maximum Gasteiger partial charge on any atom is 0.338 e. The summed E-state index contributed by atoms with van der Waals surface area (Å²) < 4.78 is 18.4. The SMILES string of the molecule is CCC1=C(C(=O)OC)[C@H](c2ccc(F)cc2Cl)N=C(c2nccs2)N1.CCCN1C(=O)N(CCCCC(=O)O)C[C@@H]1CC. The van der Waals surface area contributed by atoms with Gasteiger partial charge >= 0.3 is 18.0 Å². The lowest BCUT2D eigenvalue weighted by Gasteiger charge is -2.26. The Balaban J connectivity index is 0.000000250. The molecule has 2 atom stereocenters. The number of aliphatic carboxylic acids is 1. The van der Waals surface area contributed by atoms with Crippen LogP contribution in [0.4, 0.5) is 9.18 Å². The number of aromatic nitrogens is 1. The van der Waals surface area contributed by atoms with Gasteiger partial charge in [-0.05, 0) is 44.2 Å². The topological polar surface area (TPSA) is 124 Å². The van der Waals surface area contributed by atoms with Crippen LogP contribution in [-0.2, 0) is 14.3 Å². The minimum Gasteiger partial charge on any atom is -0.481 e. The minimum absolute atomic E-state index is 0.124. The number of amides is 2. The average molecular weight is 636 g/mol. The van der Waals surface area contributed by atoms with Gasteiger partial charge in [-0.1, -0.05) is 38.4 Å². The first-order valence-electron chi connectivity index (χ1n) is 14.4. The molecule has 1 fully saturated rings. The summed E-state index contributed by atoms with van der Waals surface area (Å²) in [5, 5.41) is 14.5. The van der Waals surface area contributed by atoms with E-state index in [0.717, 1.165) is 32.4 Å². The zero-order chi connectivity index (χ0) is 31.5. The minimum atomic E-state index is -0.762. The second-order valence-corrected chi connectivity index (χ2v) is 11.4. The molecule has 43 heavy (non-hydrogen) atoms. The quantitative estimate of drug-likeness (QED) is 0.215. The van der Waals surface area contributed by atoms with E-state index in [1.54, 1.807) is 6.20 Å². The summed E-state index contributed by atoms with van der Waals surface area (Å²) in [5.74, 6) is -1.17. The fourth-order valence-corrected chi connectivity index (χ4v) is 5.88. The monoisotopic (exact) mass is 635 g/mol. The standard InChI is InChI=1S/C17H15ClFN3O2S.C13H24N2O3/c1-3-12-13(17(23)24-2)14(10-5-4-9(19)8-11(10)18)22-15(21-12)16-20-6-7-25-16;1-3-8-15-11(4-2)10-14(13(15)18)9-6-5-7-12(16)17/h4-8,14H,3H2,1-2H3,(H,21,22);11H,3-10H2,1-2H3,(H,16,17)/t14-;11-/m00/s1. The van der Waals surface area contributed by atoms with Crippen molar-refractivity contribution < 1.29 is 28.6 Å². The number of esters is 1. The summed E-state index contributed by atoms with van der Waals surface area (Å²) in [6.45, 7) is 8.40. The fraction of sp³-hybridized carbons (Fsp3) is 0.500. The first-order valence-corrected chi connectivity index (χ1v) is 15.7.